The Hall–Kier alpha value is -3.66. The molecular formula is C20H21N5O4S. The van der Waals surface area contributed by atoms with Gasteiger partial charge in [0.05, 0.1) is 25.3 Å². The maximum Gasteiger partial charge on any atom is 0.337 e. The van der Waals surface area contributed by atoms with Crippen molar-refractivity contribution < 1.29 is 19.1 Å². The number of anilines is 4. The number of aromatic nitrogens is 2. The van der Waals surface area contributed by atoms with E-state index in [0.717, 1.165) is 6.42 Å². The number of methoxy groups -OCH3 is 2. The fraction of sp³-hybridized carbons (Fsp3) is 0.200. The van der Waals surface area contributed by atoms with Crippen LogP contribution in [0, 0.1) is 0 Å². The number of ether oxygens (including phenoxy) is 2. The zero-order chi connectivity index (χ0) is 21.5. The number of rotatable bonds is 8. The van der Waals surface area contributed by atoms with Gasteiger partial charge in [0, 0.05) is 17.1 Å². The van der Waals surface area contributed by atoms with Crippen LogP contribution < -0.4 is 16.4 Å². The summed E-state index contributed by atoms with van der Waals surface area (Å²) in [4.78, 5) is 33.5. The standard InChI is InChI=1S/C20H21N5O4S/c1-28-19(26)12-8-13(20(27)29-2)10-14(9-12)25-18-16(21)17(23-11-24-18)22-6-5-15-4-3-7-30-15/h3-4,7-11H,5-6,21H2,1-2H3,(H2,22,23,24,25). The maximum atomic E-state index is 12.0. The summed E-state index contributed by atoms with van der Waals surface area (Å²) in [6.45, 7) is 0.658. The highest BCUT2D eigenvalue weighted by Gasteiger charge is 2.15. The van der Waals surface area contributed by atoms with Crippen LogP contribution in [0.5, 0.6) is 0 Å². The molecule has 156 valence electrons. The lowest BCUT2D eigenvalue weighted by molar-refractivity contribution is 0.0599. The quantitative estimate of drug-likeness (QED) is 0.464. The van der Waals surface area contributed by atoms with Gasteiger partial charge in [-0.25, -0.2) is 19.6 Å². The molecule has 0 aliphatic rings. The molecule has 3 rings (SSSR count). The third-order valence-electron chi connectivity index (χ3n) is 4.17. The van der Waals surface area contributed by atoms with Crippen molar-refractivity contribution in [1.29, 1.82) is 0 Å². The van der Waals surface area contributed by atoms with Gasteiger partial charge in [0.2, 0.25) is 0 Å². The second-order valence-corrected chi connectivity index (χ2v) is 7.18. The third kappa shape index (κ3) is 5.03. The lowest BCUT2D eigenvalue weighted by Crippen LogP contribution is -2.11. The number of nitrogens with zero attached hydrogens (tertiary/aromatic N) is 2. The molecule has 0 radical (unpaired) electrons. The van der Waals surface area contributed by atoms with Crippen molar-refractivity contribution in [3.8, 4) is 0 Å². The van der Waals surface area contributed by atoms with Crippen LogP contribution in [0.4, 0.5) is 23.0 Å². The number of hydrogen-bond donors (Lipinski definition) is 3. The molecule has 0 atom stereocenters. The van der Waals surface area contributed by atoms with Crippen LogP contribution in [0.25, 0.3) is 0 Å². The average molecular weight is 427 g/mol. The highest BCUT2D eigenvalue weighted by molar-refractivity contribution is 7.09. The molecule has 0 spiro atoms. The van der Waals surface area contributed by atoms with Gasteiger partial charge in [0.1, 0.15) is 12.0 Å². The normalized spacial score (nSPS) is 10.3. The number of esters is 2. The smallest absolute Gasteiger partial charge is 0.337 e. The van der Waals surface area contributed by atoms with Gasteiger partial charge in [0.15, 0.2) is 11.6 Å². The van der Waals surface area contributed by atoms with Crippen LogP contribution in [0.2, 0.25) is 0 Å². The molecule has 10 heteroatoms. The zero-order valence-electron chi connectivity index (χ0n) is 16.5. The van der Waals surface area contributed by atoms with Crippen LogP contribution in [0.15, 0.2) is 42.0 Å². The van der Waals surface area contributed by atoms with Gasteiger partial charge < -0.3 is 25.8 Å². The molecule has 3 aromatic rings. The number of carbonyl (C=O) groups is 2. The Kier molecular flexibility index (Phi) is 6.81. The van der Waals surface area contributed by atoms with E-state index < -0.39 is 11.9 Å². The predicted molar refractivity (Wildman–Crippen MR) is 115 cm³/mol. The molecular weight excluding hydrogens is 406 g/mol. The molecule has 30 heavy (non-hydrogen) atoms. The van der Waals surface area contributed by atoms with Crippen LogP contribution in [-0.2, 0) is 15.9 Å². The summed E-state index contributed by atoms with van der Waals surface area (Å²) in [7, 11) is 2.52. The summed E-state index contributed by atoms with van der Waals surface area (Å²) >= 11 is 1.69. The Morgan fingerprint density at radius 1 is 1.07 bits per heavy atom. The van der Waals surface area contributed by atoms with Crippen LogP contribution >= 0.6 is 11.3 Å². The van der Waals surface area contributed by atoms with E-state index in [-0.39, 0.29) is 11.1 Å². The van der Waals surface area contributed by atoms with Crippen molar-refractivity contribution in [3.63, 3.8) is 0 Å². The van der Waals surface area contributed by atoms with Gasteiger partial charge in [-0.2, -0.15) is 0 Å². The van der Waals surface area contributed by atoms with E-state index in [9.17, 15) is 9.59 Å². The van der Waals surface area contributed by atoms with E-state index in [1.54, 1.807) is 11.3 Å². The van der Waals surface area contributed by atoms with Crippen LogP contribution in [0.3, 0.4) is 0 Å². The van der Waals surface area contributed by atoms with Gasteiger partial charge in [0.25, 0.3) is 0 Å². The van der Waals surface area contributed by atoms with Crippen molar-refractivity contribution in [2.45, 2.75) is 6.42 Å². The summed E-state index contributed by atoms with van der Waals surface area (Å²) in [6, 6.07) is 8.53. The van der Waals surface area contributed by atoms with Crippen LogP contribution in [0.1, 0.15) is 25.6 Å². The topological polar surface area (TPSA) is 128 Å². The number of nitrogen functional groups attached to an aromatic ring is 1. The number of carbonyl (C=O) groups excluding carboxylic acids is 2. The predicted octanol–water partition coefficient (Wildman–Crippen LogP) is 3.09. The minimum atomic E-state index is -0.588. The second kappa shape index (κ2) is 9.70. The van der Waals surface area contributed by atoms with Gasteiger partial charge in [-0.1, -0.05) is 6.07 Å². The van der Waals surface area contributed by atoms with E-state index in [2.05, 4.69) is 26.7 Å². The maximum absolute atomic E-state index is 12.0. The van der Waals surface area contributed by atoms with E-state index in [1.807, 2.05) is 11.4 Å². The number of benzene rings is 1. The third-order valence-corrected chi connectivity index (χ3v) is 5.10. The first kappa shape index (κ1) is 21.1. The van der Waals surface area contributed by atoms with Gasteiger partial charge in [-0.15, -0.1) is 11.3 Å². The summed E-state index contributed by atoms with van der Waals surface area (Å²) < 4.78 is 9.50. The summed E-state index contributed by atoms with van der Waals surface area (Å²) in [5.74, 6) is -0.353. The largest absolute Gasteiger partial charge is 0.465 e. The first-order chi connectivity index (χ1) is 14.5. The minimum Gasteiger partial charge on any atom is -0.465 e. The molecule has 0 bridgehead atoms. The Bertz CT molecular complexity index is 1010. The fourth-order valence-corrected chi connectivity index (χ4v) is 3.41. The van der Waals surface area contributed by atoms with Crippen LogP contribution in [-0.4, -0.2) is 42.7 Å². The number of nitrogens with one attached hydrogen (secondary N) is 2. The van der Waals surface area contributed by atoms with Crippen molar-refractivity contribution >= 4 is 46.3 Å². The Balaban J connectivity index is 1.81. The van der Waals surface area contributed by atoms with Gasteiger partial charge in [-0.05, 0) is 36.1 Å². The lowest BCUT2D eigenvalue weighted by atomic mass is 10.1. The molecule has 2 heterocycles. The van der Waals surface area contributed by atoms with E-state index in [4.69, 9.17) is 15.2 Å². The molecule has 0 aliphatic carbocycles. The van der Waals surface area contributed by atoms with Gasteiger partial charge >= 0.3 is 11.9 Å². The molecule has 0 saturated heterocycles. The highest BCUT2D eigenvalue weighted by Crippen LogP contribution is 2.27. The molecule has 0 aliphatic heterocycles. The fourth-order valence-electron chi connectivity index (χ4n) is 2.70. The lowest BCUT2D eigenvalue weighted by Gasteiger charge is -2.13. The number of thiophene rings is 1. The second-order valence-electron chi connectivity index (χ2n) is 6.15. The molecule has 4 N–H and O–H groups in total. The van der Waals surface area contributed by atoms with E-state index >= 15 is 0 Å². The number of hydrogen-bond acceptors (Lipinski definition) is 10. The van der Waals surface area contributed by atoms with E-state index in [0.29, 0.717) is 29.6 Å². The zero-order valence-corrected chi connectivity index (χ0v) is 17.3. The van der Waals surface area contributed by atoms with Crippen molar-refractivity contribution in [2.75, 3.05) is 37.1 Å². The molecule has 2 aromatic heterocycles. The van der Waals surface area contributed by atoms with Gasteiger partial charge in [-0.3, -0.25) is 0 Å². The summed E-state index contributed by atoms with van der Waals surface area (Å²) in [5.41, 5.74) is 7.31. The van der Waals surface area contributed by atoms with E-state index in [1.165, 1.54) is 43.6 Å². The van der Waals surface area contributed by atoms with Crippen molar-refractivity contribution in [1.82, 2.24) is 9.97 Å². The minimum absolute atomic E-state index is 0.185. The molecule has 0 fully saturated rings. The molecule has 0 saturated carbocycles. The molecule has 9 nitrogen and oxygen atoms in total. The highest BCUT2D eigenvalue weighted by atomic mass is 32.1. The first-order valence-electron chi connectivity index (χ1n) is 8.97. The average Bonchev–Trinajstić information content (AvgIpc) is 3.28. The summed E-state index contributed by atoms with van der Waals surface area (Å²) in [5, 5.41) is 8.25. The Morgan fingerprint density at radius 3 is 2.33 bits per heavy atom. The Labute approximate surface area is 177 Å². The first-order valence-corrected chi connectivity index (χ1v) is 9.85. The molecule has 0 unspecified atom stereocenters. The van der Waals surface area contributed by atoms with Crippen molar-refractivity contribution in [3.05, 3.63) is 58.0 Å². The molecule has 1 aromatic carbocycles. The SMILES string of the molecule is COC(=O)c1cc(Nc2ncnc(NCCc3cccs3)c2N)cc(C(=O)OC)c1. The number of nitrogens with two attached hydrogens (primary N) is 1. The molecule has 0 amide bonds. The monoisotopic (exact) mass is 427 g/mol. The summed E-state index contributed by atoms with van der Waals surface area (Å²) in [6.07, 6.45) is 2.21. The Morgan fingerprint density at radius 2 is 1.73 bits per heavy atom. The van der Waals surface area contributed by atoms with Crippen molar-refractivity contribution in [2.24, 2.45) is 0 Å².